The molecule has 0 N–H and O–H groups in total. The second-order valence-corrected chi connectivity index (χ2v) is 29.4. The van der Waals surface area contributed by atoms with Crippen LogP contribution in [0.3, 0.4) is 0 Å². The molecule has 0 unspecified atom stereocenters. The molecule has 0 aliphatic heterocycles. The molecule has 18 aromatic carbocycles. The summed E-state index contributed by atoms with van der Waals surface area (Å²) >= 11 is 0. The van der Waals surface area contributed by atoms with Gasteiger partial charge >= 0.3 is 0 Å². The average molecular weight is 1370 g/mol. The summed E-state index contributed by atoms with van der Waals surface area (Å²) in [6, 6.07) is 155. The standard InChI is InChI=1S/C106H68N2/c1-5-25-83(26-6-1)105(84-27-7-2-8-28-84)97-65-79(73-41-37-71(38-42-73)77-51-59-103-95(63-77)93-33-17-19-35-101(93)107(103)87-53-45-69-21-13-15-23-75(69)61-87)47-55-89(97)91-57-49-81(67-99(91)105)82-50-58-92-90-56-48-80(66-98(90)106(100(92)68-82,85-29-9-3-10-30-85)86-31-11-4-12-32-86)74-43-39-72(40-44-74)78-52-60-104-96(64-78)94-34-18-20-36-102(94)108(104)88-54-46-70-22-14-16-24-76(70)62-88/h1-68H. The molecule has 0 atom stereocenters. The minimum Gasteiger partial charge on any atom is -0.309 e. The number of hydrogen-bond acceptors (Lipinski definition) is 0. The van der Waals surface area contributed by atoms with Gasteiger partial charge in [0.25, 0.3) is 0 Å². The summed E-state index contributed by atoms with van der Waals surface area (Å²) in [5.41, 5.74) is 32.7. The highest BCUT2D eigenvalue weighted by Crippen LogP contribution is 2.60. The van der Waals surface area contributed by atoms with Crippen LogP contribution in [-0.2, 0) is 10.8 Å². The maximum absolute atomic E-state index is 2.53. The van der Waals surface area contributed by atoms with Gasteiger partial charge in [0.05, 0.1) is 32.9 Å². The maximum atomic E-state index is 2.53. The van der Waals surface area contributed by atoms with Gasteiger partial charge in [-0.25, -0.2) is 0 Å². The number of benzene rings is 18. The summed E-state index contributed by atoms with van der Waals surface area (Å²) in [6.45, 7) is 0. The molecule has 0 radical (unpaired) electrons. The van der Waals surface area contributed by atoms with Crippen LogP contribution in [0.25, 0.3) is 154 Å². The summed E-state index contributed by atoms with van der Waals surface area (Å²) in [5, 5.41) is 9.93. The van der Waals surface area contributed by atoms with Gasteiger partial charge in [-0.2, -0.15) is 0 Å². The molecule has 0 amide bonds. The lowest BCUT2D eigenvalue weighted by atomic mass is 9.66. The Morgan fingerprint density at radius 3 is 0.741 bits per heavy atom. The first-order valence-electron chi connectivity index (χ1n) is 37.6. The Balaban J connectivity index is 0.631. The number of hydrogen-bond donors (Lipinski definition) is 0. The summed E-state index contributed by atoms with van der Waals surface area (Å²) in [7, 11) is 0. The number of aromatic nitrogens is 2. The fourth-order valence-electron chi connectivity index (χ4n) is 18.9. The minimum atomic E-state index is -0.645. The number of nitrogens with zero attached hydrogens (tertiary/aromatic N) is 2. The maximum Gasteiger partial charge on any atom is 0.0713 e. The highest BCUT2D eigenvalue weighted by molar-refractivity contribution is 6.12. The smallest absolute Gasteiger partial charge is 0.0713 e. The van der Waals surface area contributed by atoms with Crippen LogP contribution in [0.2, 0.25) is 0 Å². The lowest BCUT2D eigenvalue weighted by Gasteiger charge is -2.35. The molecule has 20 aromatic rings. The molecule has 2 aliphatic rings. The number of fused-ring (bicyclic) bond motifs is 14. The highest BCUT2D eigenvalue weighted by Gasteiger charge is 2.48. The Morgan fingerprint density at radius 2 is 0.407 bits per heavy atom. The van der Waals surface area contributed by atoms with E-state index in [0.29, 0.717) is 0 Å². The van der Waals surface area contributed by atoms with Crippen LogP contribution in [0.1, 0.15) is 44.5 Å². The Hall–Kier alpha value is -13.9. The predicted octanol–water partition coefficient (Wildman–Crippen LogP) is 27.2. The quantitative estimate of drug-likeness (QED) is 0.122. The van der Waals surface area contributed by atoms with Crippen LogP contribution in [0.5, 0.6) is 0 Å². The van der Waals surface area contributed by atoms with E-state index in [9.17, 15) is 0 Å². The third kappa shape index (κ3) is 9.33. The minimum absolute atomic E-state index is 0.645. The first-order chi connectivity index (χ1) is 53.5. The fourth-order valence-corrected chi connectivity index (χ4v) is 18.9. The summed E-state index contributed by atoms with van der Waals surface area (Å²) in [6.07, 6.45) is 0. The van der Waals surface area contributed by atoms with Crippen molar-refractivity contribution >= 4 is 65.2 Å². The Kier molecular flexibility index (Phi) is 13.9. The van der Waals surface area contributed by atoms with Crippen molar-refractivity contribution in [3.63, 3.8) is 0 Å². The Morgan fingerprint density at radius 1 is 0.157 bits per heavy atom. The van der Waals surface area contributed by atoms with Crippen LogP contribution in [-0.4, -0.2) is 9.13 Å². The van der Waals surface area contributed by atoms with Crippen LogP contribution in [0.15, 0.2) is 413 Å². The van der Waals surface area contributed by atoms with Crippen molar-refractivity contribution in [1.29, 1.82) is 0 Å². The van der Waals surface area contributed by atoms with Crippen molar-refractivity contribution in [2.24, 2.45) is 0 Å². The second-order valence-electron chi connectivity index (χ2n) is 29.4. The first kappa shape index (κ1) is 61.5. The third-order valence-corrected chi connectivity index (χ3v) is 23.9. The van der Waals surface area contributed by atoms with Gasteiger partial charge in [0.2, 0.25) is 0 Å². The Bertz CT molecular complexity index is 6500. The molecular formula is C106H68N2. The molecule has 108 heavy (non-hydrogen) atoms. The van der Waals surface area contributed by atoms with E-state index in [2.05, 4.69) is 422 Å². The SMILES string of the molecule is c1ccc(C2(c3ccccc3)c3cc(-c4ccc(-c5ccc6c(c5)c5ccccc5n6-c5ccc6ccccc6c5)cc4)ccc3-c3ccc(-c4ccc5c(c4)C(c4ccccc4)(c4ccccc4)c4cc(-c6ccc(-c7ccc8c(c7)c7ccccc7n8-c7ccc8ccccc8c7)cc6)ccc4-5)cc32)cc1. The lowest BCUT2D eigenvalue weighted by Crippen LogP contribution is -2.29. The van der Waals surface area contributed by atoms with Crippen molar-refractivity contribution < 1.29 is 0 Å². The lowest BCUT2D eigenvalue weighted by molar-refractivity contribution is 0.768. The molecule has 22 rings (SSSR count). The predicted molar refractivity (Wildman–Crippen MR) is 452 cm³/mol. The van der Waals surface area contributed by atoms with Crippen LogP contribution < -0.4 is 0 Å². The monoisotopic (exact) mass is 1370 g/mol. The van der Waals surface area contributed by atoms with E-state index in [-0.39, 0.29) is 0 Å². The van der Waals surface area contributed by atoms with E-state index in [1.165, 1.54) is 188 Å². The Labute approximate surface area is 627 Å². The molecule has 2 aliphatic carbocycles. The molecule has 0 spiro atoms. The molecule has 502 valence electrons. The van der Waals surface area contributed by atoms with Gasteiger partial charge < -0.3 is 9.13 Å². The van der Waals surface area contributed by atoms with Gasteiger partial charge in [0, 0.05) is 32.9 Å². The van der Waals surface area contributed by atoms with Crippen molar-refractivity contribution in [2.45, 2.75) is 10.8 Å². The van der Waals surface area contributed by atoms with E-state index in [1.54, 1.807) is 0 Å². The van der Waals surface area contributed by atoms with Crippen molar-refractivity contribution in [1.82, 2.24) is 9.13 Å². The molecule has 2 aromatic heterocycles. The highest BCUT2D eigenvalue weighted by atomic mass is 15.0. The van der Waals surface area contributed by atoms with E-state index < -0.39 is 10.8 Å². The average Bonchev–Trinajstić information content (AvgIpc) is 1.53. The van der Waals surface area contributed by atoms with E-state index >= 15 is 0 Å². The molecule has 2 heteroatoms. The van der Waals surface area contributed by atoms with Crippen molar-refractivity contribution in [3.05, 3.63) is 457 Å². The third-order valence-electron chi connectivity index (χ3n) is 23.9. The molecule has 0 saturated heterocycles. The van der Waals surface area contributed by atoms with Crippen molar-refractivity contribution in [3.8, 4) is 89.3 Å². The van der Waals surface area contributed by atoms with Gasteiger partial charge in [-0.3, -0.25) is 0 Å². The number of para-hydroxylation sites is 2. The normalized spacial score (nSPS) is 13.1. The molecule has 0 bridgehead atoms. The topological polar surface area (TPSA) is 9.86 Å². The van der Waals surface area contributed by atoms with Crippen LogP contribution in [0.4, 0.5) is 0 Å². The number of rotatable bonds is 11. The van der Waals surface area contributed by atoms with Gasteiger partial charge in [-0.05, 0) is 229 Å². The van der Waals surface area contributed by atoms with Crippen LogP contribution >= 0.6 is 0 Å². The van der Waals surface area contributed by atoms with Gasteiger partial charge in [-0.15, -0.1) is 0 Å². The van der Waals surface area contributed by atoms with Gasteiger partial charge in [-0.1, -0.05) is 328 Å². The van der Waals surface area contributed by atoms with E-state index in [4.69, 9.17) is 0 Å². The van der Waals surface area contributed by atoms with Crippen LogP contribution in [0, 0.1) is 0 Å². The summed E-state index contributed by atoms with van der Waals surface area (Å²) in [4.78, 5) is 0. The summed E-state index contributed by atoms with van der Waals surface area (Å²) in [5.74, 6) is 0. The fraction of sp³-hybridized carbons (Fsp3) is 0.0189. The molecule has 0 fully saturated rings. The largest absolute Gasteiger partial charge is 0.309 e. The zero-order chi connectivity index (χ0) is 71.0. The molecular weight excluding hydrogens is 1300 g/mol. The zero-order valence-electron chi connectivity index (χ0n) is 59.2. The van der Waals surface area contributed by atoms with Gasteiger partial charge in [0.1, 0.15) is 0 Å². The summed E-state index contributed by atoms with van der Waals surface area (Å²) < 4.78 is 4.83. The van der Waals surface area contributed by atoms with Gasteiger partial charge in [0.15, 0.2) is 0 Å². The molecule has 0 saturated carbocycles. The first-order valence-corrected chi connectivity index (χ1v) is 37.6. The van der Waals surface area contributed by atoms with Crippen molar-refractivity contribution in [2.75, 3.05) is 0 Å². The zero-order valence-corrected chi connectivity index (χ0v) is 59.2. The molecule has 2 heterocycles. The molecule has 2 nitrogen and oxygen atoms in total. The van der Waals surface area contributed by atoms with E-state index in [0.717, 1.165) is 11.4 Å². The van der Waals surface area contributed by atoms with E-state index in [1.807, 2.05) is 0 Å². The second kappa shape index (κ2) is 24.3.